The van der Waals surface area contributed by atoms with E-state index in [-0.39, 0.29) is 23.7 Å². The Morgan fingerprint density at radius 2 is 1.60 bits per heavy atom. The van der Waals surface area contributed by atoms with Crippen molar-refractivity contribution in [1.29, 1.82) is 0 Å². The van der Waals surface area contributed by atoms with E-state index in [9.17, 15) is 4.79 Å². The van der Waals surface area contributed by atoms with Crippen molar-refractivity contribution in [3.05, 3.63) is 95.4 Å². The van der Waals surface area contributed by atoms with E-state index in [1.807, 2.05) is 47.4 Å². The first-order valence-electron chi connectivity index (χ1n) is 14.7. The summed E-state index contributed by atoms with van der Waals surface area (Å²) < 4.78 is 11.9. The summed E-state index contributed by atoms with van der Waals surface area (Å²) in [5.41, 5.74) is 7.35. The molecule has 5 aromatic rings. The molecule has 0 saturated carbocycles. The summed E-state index contributed by atoms with van der Waals surface area (Å²) in [4.78, 5) is 18.2. The van der Waals surface area contributed by atoms with Crippen LogP contribution in [-0.4, -0.2) is 54.3 Å². The predicted octanol–water partition coefficient (Wildman–Crippen LogP) is 6.85. The third-order valence-electron chi connectivity index (χ3n) is 9.46. The smallest absolute Gasteiger partial charge is 0.258 e. The van der Waals surface area contributed by atoms with Crippen molar-refractivity contribution in [3.8, 4) is 28.3 Å². The lowest BCUT2D eigenvalue weighted by Crippen LogP contribution is -2.42. The summed E-state index contributed by atoms with van der Waals surface area (Å²) in [7, 11) is 2.19. The normalized spacial score (nSPS) is 17.0. The van der Waals surface area contributed by atoms with Gasteiger partial charge in [0.15, 0.2) is 0 Å². The molecule has 1 aromatic heterocycles. The monoisotopic (exact) mass is 592 g/mol. The molecule has 0 aliphatic carbocycles. The Hall–Kier alpha value is -4.20. The molecule has 3 aliphatic rings. The number of halogens is 1. The van der Waals surface area contributed by atoms with Gasteiger partial charge in [-0.15, -0.1) is 22.6 Å². The van der Waals surface area contributed by atoms with Gasteiger partial charge in [0.05, 0.1) is 6.61 Å². The lowest BCUT2D eigenvalue weighted by molar-refractivity contribution is 0.0989. The fourth-order valence-electron chi connectivity index (χ4n) is 7.02. The number of anilines is 1. The molecule has 4 aromatic carbocycles. The maximum atomic E-state index is 13.8. The summed E-state index contributed by atoms with van der Waals surface area (Å²) in [5, 5.41) is 10.4. The van der Waals surface area contributed by atoms with E-state index in [0.29, 0.717) is 23.9 Å². The van der Waals surface area contributed by atoms with Gasteiger partial charge in [-0.05, 0) is 97.2 Å². The van der Waals surface area contributed by atoms with Crippen LogP contribution in [0.5, 0.6) is 5.75 Å². The summed E-state index contributed by atoms with van der Waals surface area (Å²) in [5.74, 6) is 2.12. The molecule has 4 heterocycles. The van der Waals surface area contributed by atoms with Gasteiger partial charge in [0.25, 0.3) is 5.91 Å². The molecule has 7 nitrogen and oxygen atoms in total. The Kier molecular flexibility index (Phi) is 6.75. The minimum Gasteiger partial charge on any atom is -0.492 e. The van der Waals surface area contributed by atoms with E-state index in [2.05, 4.69) is 52.5 Å². The minimum absolute atomic E-state index is 0. The fraction of sp³-hybridized carbons (Fsp3) is 0.286. The number of aryl methyl sites for hydroxylation is 1. The lowest BCUT2D eigenvalue weighted by Gasteiger charge is -2.37. The van der Waals surface area contributed by atoms with Crippen LogP contribution in [0.1, 0.15) is 40.2 Å². The van der Waals surface area contributed by atoms with Crippen LogP contribution in [0.2, 0.25) is 0 Å². The number of benzene rings is 4. The van der Waals surface area contributed by atoms with Gasteiger partial charge in [0.2, 0.25) is 11.8 Å². The number of nitrogens with zero attached hydrogens (tertiary/aromatic N) is 4. The molecule has 0 radical (unpaired) electrons. The van der Waals surface area contributed by atoms with Crippen LogP contribution in [0.15, 0.2) is 77.2 Å². The zero-order valence-corrected chi connectivity index (χ0v) is 25.1. The van der Waals surface area contributed by atoms with E-state index < -0.39 is 0 Å². The van der Waals surface area contributed by atoms with Crippen molar-refractivity contribution in [1.82, 2.24) is 15.1 Å². The molecule has 218 valence electrons. The van der Waals surface area contributed by atoms with Gasteiger partial charge in [-0.3, -0.25) is 4.79 Å². The van der Waals surface area contributed by atoms with Crippen molar-refractivity contribution < 1.29 is 13.9 Å². The van der Waals surface area contributed by atoms with Crippen LogP contribution in [-0.2, 0) is 11.8 Å². The van der Waals surface area contributed by atoms with E-state index in [1.54, 1.807) is 6.92 Å². The second kappa shape index (κ2) is 10.5. The van der Waals surface area contributed by atoms with Crippen molar-refractivity contribution in [3.63, 3.8) is 0 Å². The fourth-order valence-corrected chi connectivity index (χ4v) is 7.02. The number of ether oxygens (including phenoxy) is 1. The largest absolute Gasteiger partial charge is 0.492 e. The zero-order valence-electron chi connectivity index (χ0n) is 24.3. The lowest BCUT2D eigenvalue weighted by atomic mass is 9.74. The van der Waals surface area contributed by atoms with Gasteiger partial charge in [-0.2, -0.15) is 0 Å². The first kappa shape index (κ1) is 27.6. The molecule has 3 aliphatic heterocycles. The van der Waals surface area contributed by atoms with E-state index in [1.165, 1.54) is 11.1 Å². The molecule has 0 bridgehead atoms. The summed E-state index contributed by atoms with van der Waals surface area (Å²) >= 11 is 0. The number of rotatable bonds is 3. The topological polar surface area (TPSA) is 71.7 Å². The molecule has 0 atom stereocenters. The second-order valence-electron chi connectivity index (χ2n) is 12.0. The molecule has 8 rings (SSSR count). The number of carbonyl (C=O) groups is 1. The molecule has 1 spiro atoms. The molecule has 1 fully saturated rings. The summed E-state index contributed by atoms with van der Waals surface area (Å²) in [6.45, 7) is 5.38. The Labute approximate surface area is 256 Å². The van der Waals surface area contributed by atoms with Crippen LogP contribution < -0.4 is 9.64 Å². The van der Waals surface area contributed by atoms with Crippen molar-refractivity contribution in [2.45, 2.75) is 31.6 Å². The van der Waals surface area contributed by atoms with Crippen molar-refractivity contribution >= 4 is 34.8 Å². The van der Waals surface area contributed by atoms with Crippen LogP contribution in [0.3, 0.4) is 0 Å². The number of amides is 1. The predicted molar refractivity (Wildman–Crippen MR) is 170 cm³/mol. The van der Waals surface area contributed by atoms with Crippen molar-refractivity contribution in [2.75, 3.05) is 38.2 Å². The molecular weight excluding hydrogens is 560 g/mol. The molecule has 0 N–H and O–H groups in total. The van der Waals surface area contributed by atoms with Gasteiger partial charge < -0.3 is 19.0 Å². The first-order valence-corrected chi connectivity index (χ1v) is 14.7. The van der Waals surface area contributed by atoms with Crippen LogP contribution in [0.4, 0.5) is 5.69 Å². The number of fused-ring (bicyclic) bond motifs is 4. The van der Waals surface area contributed by atoms with Gasteiger partial charge in [0, 0.05) is 41.3 Å². The Morgan fingerprint density at radius 3 is 2.33 bits per heavy atom. The molecule has 0 unspecified atom stereocenters. The standard InChI is InChI=1S/C35H32N4O3.ClH/c1-22-36-37-33(42-22)29-8-4-6-27-26(5-3-7-28(27)29)23-9-11-24(12-10-23)34(40)39-16-13-25-19-32-30(20-31(25)39)35(21-41-32)14-17-38(2)18-15-35;/h3-12,19-20H,13-18,21H2,1-2H3;1H. The third kappa shape index (κ3) is 4.50. The number of hydrogen-bond acceptors (Lipinski definition) is 6. The Bertz CT molecular complexity index is 1860. The molecule has 1 saturated heterocycles. The van der Waals surface area contributed by atoms with Gasteiger partial charge >= 0.3 is 0 Å². The highest BCUT2D eigenvalue weighted by atomic mass is 35.5. The highest BCUT2D eigenvalue weighted by Gasteiger charge is 2.44. The highest BCUT2D eigenvalue weighted by Crippen LogP contribution is 2.49. The maximum Gasteiger partial charge on any atom is 0.258 e. The second-order valence-corrected chi connectivity index (χ2v) is 12.0. The average Bonchev–Trinajstić information content (AvgIpc) is 3.74. The summed E-state index contributed by atoms with van der Waals surface area (Å²) in [6, 6.07) is 24.8. The van der Waals surface area contributed by atoms with Gasteiger partial charge in [-0.25, -0.2) is 0 Å². The number of aromatic nitrogens is 2. The van der Waals surface area contributed by atoms with E-state index in [0.717, 1.165) is 77.9 Å². The Balaban J connectivity index is 0.00000300. The van der Waals surface area contributed by atoms with Crippen molar-refractivity contribution in [2.24, 2.45) is 0 Å². The first-order chi connectivity index (χ1) is 20.5. The van der Waals surface area contributed by atoms with E-state index in [4.69, 9.17) is 9.15 Å². The van der Waals surface area contributed by atoms with E-state index >= 15 is 0 Å². The SMILES string of the molecule is Cc1nnc(-c2cccc3c(-c4ccc(C(=O)N5CCc6cc7c(cc65)C5(CCN(C)CC5)CO7)cc4)cccc23)o1.Cl. The quantitative estimate of drug-likeness (QED) is 0.228. The molecule has 43 heavy (non-hydrogen) atoms. The number of carbonyl (C=O) groups excluding carboxylic acids is 1. The van der Waals surface area contributed by atoms with Gasteiger partial charge in [-0.1, -0.05) is 42.5 Å². The van der Waals surface area contributed by atoms with Crippen LogP contribution >= 0.6 is 12.4 Å². The highest BCUT2D eigenvalue weighted by molar-refractivity contribution is 6.08. The average molecular weight is 593 g/mol. The third-order valence-corrected chi connectivity index (χ3v) is 9.46. The Morgan fingerprint density at radius 1 is 0.884 bits per heavy atom. The van der Waals surface area contributed by atoms with Crippen LogP contribution in [0, 0.1) is 6.92 Å². The zero-order chi connectivity index (χ0) is 28.4. The molecular formula is C35H33ClN4O3. The molecule has 8 heteroatoms. The number of piperidine rings is 1. The van der Waals surface area contributed by atoms with Crippen LogP contribution in [0.25, 0.3) is 33.4 Å². The summed E-state index contributed by atoms with van der Waals surface area (Å²) in [6.07, 6.45) is 3.03. The molecule has 1 amide bonds. The number of likely N-dealkylation sites (tertiary alicyclic amines) is 1. The minimum atomic E-state index is 0. The van der Waals surface area contributed by atoms with Gasteiger partial charge in [0.1, 0.15) is 5.75 Å². The maximum absolute atomic E-state index is 13.8. The number of hydrogen-bond donors (Lipinski definition) is 0.